The van der Waals surface area contributed by atoms with Gasteiger partial charge in [0.25, 0.3) is 0 Å². The van der Waals surface area contributed by atoms with Crippen LogP contribution in [0.2, 0.25) is 0 Å². The number of aromatic nitrogens is 1. The van der Waals surface area contributed by atoms with Crippen LogP contribution < -0.4 is 5.32 Å². The van der Waals surface area contributed by atoms with E-state index in [1.807, 2.05) is 6.92 Å². The third-order valence-electron chi connectivity index (χ3n) is 3.12. The Labute approximate surface area is 108 Å². The second-order valence-electron chi connectivity index (χ2n) is 5.80. The predicted octanol–water partition coefficient (Wildman–Crippen LogP) is 2.69. The number of nitrogens with one attached hydrogen (secondary N) is 1. The van der Waals surface area contributed by atoms with Crippen LogP contribution >= 0.6 is 11.3 Å². The molecule has 0 aliphatic carbocycles. The second kappa shape index (κ2) is 5.46. The van der Waals surface area contributed by atoms with Gasteiger partial charge in [0, 0.05) is 22.9 Å². The summed E-state index contributed by atoms with van der Waals surface area (Å²) in [5, 5.41) is 15.9. The van der Waals surface area contributed by atoms with Gasteiger partial charge in [-0.3, -0.25) is 0 Å². The summed E-state index contributed by atoms with van der Waals surface area (Å²) < 4.78 is 0. The molecule has 1 unspecified atom stereocenters. The third kappa shape index (κ3) is 4.05. The van der Waals surface area contributed by atoms with Gasteiger partial charge in [0.15, 0.2) is 0 Å². The minimum atomic E-state index is -0.201. The van der Waals surface area contributed by atoms with Gasteiger partial charge in [-0.05, 0) is 13.3 Å². The van der Waals surface area contributed by atoms with Crippen LogP contribution in [0.4, 0.5) is 0 Å². The molecule has 0 aliphatic heterocycles. The van der Waals surface area contributed by atoms with Gasteiger partial charge in [-0.15, -0.1) is 11.3 Å². The number of aliphatic hydroxyl groups excluding tert-OH is 1. The van der Waals surface area contributed by atoms with Crippen molar-refractivity contribution in [3.63, 3.8) is 0 Å². The topological polar surface area (TPSA) is 45.1 Å². The van der Waals surface area contributed by atoms with Crippen LogP contribution in [0.25, 0.3) is 0 Å². The monoisotopic (exact) mass is 256 g/mol. The van der Waals surface area contributed by atoms with Crippen molar-refractivity contribution < 1.29 is 5.11 Å². The fourth-order valence-corrected chi connectivity index (χ4v) is 2.28. The Hall–Kier alpha value is -0.450. The van der Waals surface area contributed by atoms with Crippen molar-refractivity contribution >= 4 is 11.3 Å². The van der Waals surface area contributed by atoms with Crippen LogP contribution in [0, 0.1) is 0 Å². The zero-order valence-corrected chi connectivity index (χ0v) is 12.3. The van der Waals surface area contributed by atoms with Crippen LogP contribution in [0.3, 0.4) is 0 Å². The van der Waals surface area contributed by atoms with Crippen LogP contribution in [0.5, 0.6) is 0 Å². The first kappa shape index (κ1) is 14.6. The van der Waals surface area contributed by atoms with Gasteiger partial charge < -0.3 is 10.4 Å². The molecular formula is C13H24N2OS. The summed E-state index contributed by atoms with van der Waals surface area (Å²) in [6.45, 7) is 11.5. The van der Waals surface area contributed by atoms with E-state index in [9.17, 15) is 5.11 Å². The van der Waals surface area contributed by atoms with E-state index in [0.29, 0.717) is 0 Å². The number of nitrogens with zero attached hydrogens (tertiary/aromatic N) is 1. The van der Waals surface area contributed by atoms with E-state index in [2.05, 4.69) is 43.4 Å². The molecule has 4 heteroatoms. The molecule has 1 heterocycles. The Balaban J connectivity index is 2.62. The first-order valence-corrected chi connectivity index (χ1v) is 6.99. The first-order valence-electron chi connectivity index (χ1n) is 6.11. The Bertz CT molecular complexity index is 351. The van der Waals surface area contributed by atoms with Crippen molar-refractivity contribution in [3.8, 4) is 0 Å². The molecule has 2 N–H and O–H groups in total. The van der Waals surface area contributed by atoms with Crippen molar-refractivity contribution in [3.05, 3.63) is 16.1 Å². The minimum Gasteiger partial charge on any atom is -0.394 e. The molecule has 98 valence electrons. The van der Waals surface area contributed by atoms with E-state index in [1.165, 1.54) is 0 Å². The van der Waals surface area contributed by atoms with Crippen molar-refractivity contribution in [2.45, 2.75) is 58.5 Å². The number of hydrogen-bond donors (Lipinski definition) is 2. The third-order valence-corrected chi connectivity index (χ3v) is 3.96. The Morgan fingerprint density at radius 2 is 2.00 bits per heavy atom. The van der Waals surface area contributed by atoms with Gasteiger partial charge in [0.1, 0.15) is 5.01 Å². The lowest BCUT2D eigenvalue weighted by Crippen LogP contribution is -2.44. The Kier molecular flexibility index (Phi) is 4.69. The molecule has 0 spiro atoms. The summed E-state index contributed by atoms with van der Waals surface area (Å²) in [5.41, 5.74) is 1.05. The Morgan fingerprint density at radius 3 is 2.41 bits per heavy atom. The summed E-state index contributed by atoms with van der Waals surface area (Å²) >= 11 is 1.68. The van der Waals surface area contributed by atoms with Crippen molar-refractivity contribution in [1.29, 1.82) is 0 Å². The highest BCUT2D eigenvalue weighted by atomic mass is 32.1. The van der Waals surface area contributed by atoms with E-state index in [4.69, 9.17) is 0 Å². The quantitative estimate of drug-likeness (QED) is 0.851. The first-order chi connectivity index (χ1) is 7.80. The number of thiazole rings is 1. The zero-order chi connectivity index (χ0) is 13.1. The largest absolute Gasteiger partial charge is 0.394 e. The van der Waals surface area contributed by atoms with E-state index in [0.717, 1.165) is 23.7 Å². The molecule has 3 nitrogen and oxygen atoms in total. The van der Waals surface area contributed by atoms with Crippen molar-refractivity contribution in [2.24, 2.45) is 0 Å². The normalized spacial score (nSPS) is 15.9. The molecule has 1 aromatic heterocycles. The summed E-state index contributed by atoms with van der Waals surface area (Å²) in [7, 11) is 0. The maximum Gasteiger partial charge on any atom is 0.107 e. The highest BCUT2D eigenvalue weighted by molar-refractivity contribution is 7.09. The maximum atomic E-state index is 9.32. The molecular weight excluding hydrogens is 232 g/mol. The lowest BCUT2D eigenvalue weighted by Gasteiger charge is -2.26. The van der Waals surface area contributed by atoms with Crippen LogP contribution in [0.1, 0.15) is 51.7 Å². The highest BCUT2D eigenvalue weighted by Gasteiger charge is 2.21. The smallest absolute Gasteiger partial charge is 0.107 e. The average molecular weight is 256 g/mol. The fraction of sp³-hybridized carbons (Fsp3) is 0.769. The van der Waals surface area contributed by atoms with Gasteiger partial charge in [0.05, 0.1) is 12.3 Å². The van der Waals surface area contributed by atoms with Crippen molar-refractivity contribution in [2.75, 3.05) is 6.61 Å². The highest BCUT2D eigenvalue weighted by Crippen LogP contribution is 2.24. The molecule has 17 heavy (non-hydrogen) atoms. The van der Waals surface area contributed by atoms with Crippen molar-refractivity contribution in [1.82, 2.24) is 10.3 Å². The summed E-state index contributed by atoms with van der Waals surface area (Å²) in [6.07, 6.45) is 0.904. The minimum absolute atomic E-state index is 0.111. The van der Waals surface area contributed by atoms with Gasteiger partial charge in [-0.2, -0.15) is 0 Å². The Morgan fingerprint density at radius 1 is 1.35 bits per heavy atom. The second-order valence-corrected chi connectivity index (χ2v) is 6.75. The lowest BCUT2D eigenvalue weighted by atomic mass is 9.93. The SMILES string of the molecule is CCC(C)(CO)NCc1nc(C(C)(C)C)cs1. The summed E-state index contributed by atoms with van der Waals surface area (Å²) in [4.78, 5) is 4.63. The molecule has 0 aromatic carbocycles. The zero-order valence-electron chi connectivity index (χ0n) is 11.5. The maximum absolute atomic E-state index is 9.32. The van der Waals surface area contributed by atoms with Gasteiger partial charge in [0.2, 0.25) is 0 Å². The molecule has 0 amide bonds. The van der Waals surface area contributed by atoms with Gasteiger partial charge >= 0.3 is 0 Å². The summed E-state index contributed by atoms with van der Waals surface area (Å²) in [6, 6.07) is 0. The number of hydrogen-bond acceptors (Lipinski definition) is 4. The average Bonchev–Trinajstić information content (AvgIpc) is 2.74. The predicted molar refractivity (Wildman–Crippen MR) is 73.4 cm³/mol. The van der Waals surface area contributed by atoms with Gasteiger partial charge in [-0.25, -0.2) is 4.98 Å². The van der Waals surface area contributed by atoms with E-state index >= 15 is 0 Å². The molecule has 0 saturated heterocycles. The lowest BCUT2D eigenvalue weighted by molar-refractivity contribution is 0.169. The molecule has 1 rings (SSSR count). The number of rotatable bonds is 5. The fourth-order valence-electron chi connectivity index (χ4n) is 1.32. The van der Waals surface area contributed by atoms with E-state index < -0.39 is 0 Å². The molecule has 0 saturated carbocycles. The molecule has 0 fully saturated rings. The van der Waals surface area contributed by atoms with Gasteiger partial charge in [-0.1, -0.05) is 27.7 Å². The molecule has 1 atom stereocenters. The number of aliphatic hydroxyl groups is 1. The molecule has 0 radical (unpaired) electrons. The van der Waals surface area contributed by atoms with Crippen LogP contribution in [-0.4, -0.2) is 22.2 Å². The van der Waals surface area contributed by atoms with Crippen LogP contribution in [0.15, 0.2) is 5.38 Å². The van der Waals surface area contributed by atoms with E-state index in [1.54, 1.807) is 11.3 Å². The van der Waals surface area contributed by atoms with E-state index in [-0.39, 0.29) is 17.6 Å². The summed E-state index contributed by atoms with van der Waals surface area (Å²) in [5.74, 6) is 0. The standard InChI is InChI=1S/C13H24N2OS/c1-6-13(5,9-16)14-7-11-15-10(8-17-11)12(2,3)4/h8,14,16H,6-7,9H2,1-5H3. The molecule has 0 bridgehead atoms. The van der Waals surface area contributed by atoms with Crippen LogP contribution in [-0.2, 0) is 12.0 Å². The molecule has 0 aliphatic rings. The molecule has 1 aromatic rings.